The Kier molecular flexibility index (Phi) is 3.01. The highest BCUT2D eigenvalue weighted by Crippen LogP contribution is 2.03. The van der Waals surface area contributed by atoms with E-state index in [2.05, 4.69) is 17.7 Å². The third kappa shape index (κ3) is 2.33. The van der Waals surface area contributed by atoms with E-state index in [9.17, 15) is 0 Å². The van der Waals surface area contributed by atoms with Gasteiger partial charge in [0.1, 0.15) is 6.17 Å². The molecule has 0 amide bonds. The highest BCUT2D eigenvalue weighted by atomic mass is 15.1. The zero-order chi connectivity index (χ0) is 6.53. The van der Waals surface area contributed by atoms with Crippen molar-refractivity contribution in [2.24, 2.45) is 0 Å². The standard InChI is InChI=1S/C7H16N2/c1-8-7-5-3-2-4-6-9-7/h7-9H,2-6H2,1H3/p+1. The molecule has 9 heavy (non-hydrogen) atoms. The summed E-state index contributed by atoms with van der Waals surface area (Å²) in [6.45, 7) is 1.22. The maximum atomic E-state index is 3.48. The number of hydrogen-bond acceptors (Lipinski definition) is 1. The summed E-state index contributed by atoms with van der Waals surface area (Å²) in [6.07, 6.45) is 6.23. The van der Waals surface area contributed by atoms with Gasteiger partial charge in [-0.05, 0) is 12.8 Å². The fourth-order valence-corrected chi connectivity index (χ4v) is 1.34. The molecule has 2 nitrogen and oxygen atoms in total. The molecule has 1 aliphatic heterocycles. The topological polar surface area (TPSA) is 28.6 Å². The molecule has 0 bridgehead atoms. The lowest BCUT2D eigenvalue weighted by Crippen LogP contribution is -2.89. The minimum atomic E-state index is 0.701. The maximum Gasteiger partial charge on any atom is 0.139 e. The molecule has 0 saturated carbocycles. The fraction of sp³-hybridized carbons (Fsp3) is 1.00. The zero-order valence-corrected chi connectivity index (χ0v) is 6.19. The van der Waals surface area contributed by atoms with Crippen molar-refractivity contribution in [1.82, 2.24) is 5.32 Å². The van der Waals surface area contributed by atoms with Gasteiger partial charge >= 0.3 is 0 Å². The van der Waals surface area contributed by atoms with Crippen molar-refractivity contribution >= 4 is 0 Å². The molecule has 54 valence electrons. The monoisotopic (exact) mass is 129 g/mol. The van der Waals surface area contributed by atoms with Gasteiger partial charge in [-0.15, -0.1) is 0 Å². The number of quaternary nitrogens is 1. The molecular formula is C7H17N2+. The van der Waals surface area contributed by atoms with E-state index >= 15 is 0 Å². The van der Waals surface area contributed by atoms with Crippen molar-refractivity contribution in [2.45, 2.75) is 31.8 Å². The van der Waals surface area contributed by atoms with Crippen molar-refractivity contribution in [3.05, 3.63) is 0 Å². The maximum absolute atomic E-state index is 3.48. The van der Waals surface area contributed by atoms with Crippen LogP contribution >= 0.6 is 0 Å². The van der Waals surface area contributed by atoms with Gasteiger partial charge in [0.2, 0.25) is 0 Å². The van der Waals surface area contributed by atoms with Crippen LogP contribution in [0.1, 0.15) is 25.7 Å². The van der Waals surface area contributed by atoms with Gasteiger partial charge in [-0.2, -0.15) is 0 Å². The Bertz CT molecular complexity index is 65.3. The minimum absolute atomic E-state index is 0.701. The summed E-state index contributed by atoms with van der Waals surface area (Å²) >= 11 is 0. The third-order valence-corrected chi connectivity index (χ3v) is 2.00. The first-order valence-corrected chi connectivity index (χ1v) is 3.96. The van der Waals surface area contributed by atoms with Crippen molar-refractivity contribution in [3.63, 3.8) is 0 Å². The van der Waals surface area contributed by atoms with Gasteiger partial charge in [0.05, 0.1) is 7.05 Å². The molecule has 1 fully saturated rings. The van der Waals surface area contributed by atoms with Gasteiger partial charge < -0.3 is 5.32 Å². The number of hydrogen-bond donors (Lipinski definition) is 2. The number of rotatable bonds is 1. The van der Waals surface area contributed by atoms with E-state index in [4.69, 9.17) is 0 Å². The molecule has 3 N–H and O–H groups in total. The van der Waals surface area contributed by atoms with Crippen LogP contribution < -0.4 is 10.6 Å². The lowest BCUT2D eigenvalue weighted by atomic mass is 10.2. The van der Waals surface area contributed by atoms with Crippen LogP contribution in [-0.4, -0.2) is 19.8 Å². The predicted octanol–water partition coefficient (Wildman–Crippen LogP) is -0.331. The Hall–Kier alpha value is -0.0800. The molecule has 0 aromatic carbocycles. The molecule has 0 spiro atoms. The summed E-state index contributed by atoms with van der Waals surface area (Å²) in [6, 6.07) is 0. The van der Waals surface area contributed by atoms with E-state index < -0.39 is 0 Å². The second kappa shape index (κ2) is 3.85. The molecule has 1 aliphatic rings. The van der Waals surface area contributed by atoms with Crippen LogP contribution in [0.3, 0.4) is 0 Å². The van der Waals surface area contributed by atoms with E-state index in [0.29, 0.717) is 6.17 Å². The first kappa shape index (κ1) is 7.03. The highest BCUT2D eigenvalue weighted by Gasteiger charge is 2.10. The molecule has 1 unspecified atom stereocenters. The molecule has 0 aromatic rings. The van der Waals surface area contributed by atoms with E-state index in [0.717, 1.165) is 0 Å². The Morgan fingerprint density at radius 3 is 3.00 bits per heavy atom. The van der Waals surface area contributed by atoms with Crippen LogP contribution in [0.25, 0.3) is 0 Å². The van der Waals surface area contributed by atoms with Crippen LogP contribution in [-0.2, 0) is 0 Å². The Morgan fingerprint density at radius 1 is 1.33 bits per heavy atom. The summed E-state index contributed by atoms with van der Waals surface area (Å²) in [4.78, 5) is 0. The molecule has 1 saturated heterocycles. The Morgan fingerprint density at radius 2 is 2.22 bits per heavy atom. The minimum Gasteiger partial charge on any atom is -0.334 e. The zero-order valence-electron chi connectivity index (χ0n) is 6.19. The predicted molar refractivity (Wildman–Crippen MR) is 38.1 cm³/mol. The average Bonchev–Trinajstić information content (AvgIpc) is 2.13. The van der Waals surface area contributed by atoms with Crippen molar-refractivity contribution in [2.75, 3.05) is 13.6 Å². The molecule has 0 aliphatic carbocycles. The third-order valence-electron chi connectivity index (χ3n) is 2.00. The van der Waals surface area contributed by atoms with Gasteiger partial charge in [0, 0.05) is 13.0 Å². The summed E-state index contributed by atoms with van der Waals surface area (Å²) in [7, 11) is 2.14. The first-order chi connectivity index (χ1) is 4.43. The largest absolute Gasteiger partial charge is 0.334 e. The molecule has 2 heteroatoms. The van der Waals surface area contributed by atoms with Gasteiger partial charge in [-0.1, -0.05) is 6.42 Å². The van der Waals surface area contributed by atoms with Crippen LogP contribution in [0.15, 0.2) is 0 Å². The molecule has 0 radical (unpaired) electrons. The van der Waals surface area contributed by atoms with Gasteiger partial charge in [0.15, 0.2) is 0 Å². The average molecular weight is 129 g/mol. The second-order valence-electron chi connectivity index (χ2n) is 2.74. The summed E-state index contributed by atoms with van der Waals surface area (Å²) in [5, 5.41) is 5.74. The second-order valence-corrected chi connectivity index (χ2v) is 2.74. The van der Waals surface area contributed by atoms with Crippen molar-refractivity contribution in [1.29, 1.82) is 0 Å². The van der Waals surface area contributed by atoms with Crippen LogP contribution in [0.4, 0.5) is 0 Å². The van der Waals surface area contributed by atoms with E-state index in [1.165, 1.54) is 32.2 Å². The van der Waals surface area contributed by atoms with Gasteiger partial charge in [-0.3, -0.25) is 5.32 Å². The fourth-order valence-electron chi connectivity index (χ4n) is 1.34. The van der Waals surface area contributed by atoms with Crippen molar-refractivity contribution < 1.29 is 5.32 Å². The molecule has 1 heterocycles. The van der Waals surface area contributed by atoms with E-state index in [1.54, 1.807) is 0 Å². The molecular weight excluding hydrogens is 112 g/mol. The number of nitrogens with one attached hydrogen (secondary N) is 1. The lowest BCUT2D eigenvalue weighted by Gasteiger charge is -2.09. The van der Waals surface area contributed by atoms with Crippen LogP contribution in [0.5, 0.6) is 0 Å². The molecule has 1 atom stereocenters. The lowest BCUT2D eigenvalue weighted by molar-refractivity contribution is -0.669. The van der Waals surface area contributed by atoms with Gasteiger partial charge in [0.25, 0.3) is 0 Å². The van der Waals surface area contributed by atoms with Crippen LogP contribution in [0, 0.1) is 0 Å². The van der Waals surface area contributed by atoms with E-state index in [1.807, 2.05) is 0 Å². The molecule has 0 aromatic heterocycles. The number of nitrogens with two attached hydrogens (primary N) is 1. The summed E-state index contributed by atoms with van der Waals surface area (Å²) in [5.41, 5.74) is 0. The SMILES string of the molecule is C[NH2+]C1CCCCCN1. The van der Waals surface area contributed by atoms with Crippen LogP contribution in [0.2, 0.25) is 0 Å². The Balaban J connectivity index is 2.18. The Labute approximate surface area is 57.0 Å². The smallest absolute Gasteiger partial charge is 0.139 e. The van der Waals surface area contributed by atoms with E-state index in [-0.39, 0.29) is 0 Å². The first-order valence-electron chi connectivity index (χ1n) is 3.96. The van der Waals surface area contributed by atoms with Crippen molar-refractivity contribution in [3.8, 4) is 0 Å². The van der Waals surface area contributed by atoms with Gasteiger partial charge in [-0.25, -0.2) is 0 Å². The quantitative estimate of drug-likeness (QED) is 0.498. The summed E-state index contributed by atoms with van der Waals surface area (Å²) < 4.78 is 0. The highest BCUT2D eigenvalue weighted by molar-refractivity contribution is 4.58. The normalized spacial score (nSPS) is 29.7. The summed E-state index contributed by atoms with van der Waals surface area (Å²) in [5.74, 6) is 0. The molecule has 1 rings (SSSR count).